The van der Waals surface area contributed by atoms with Crippen molar-refractivity contribution >= 4 is 17.2 Å². The van der Waals surface area contributed by atoms with Crippen molar-refractivity contribution in [3.63, 3.8) is 0 Å². The summed E-state index contributed by atoms with van der Waals surface area (Å²) in [5, 5.41) is 4.44. The third-order valence-electron chi connectivity index (χ3n) is 3.23. The minimum Gasteiger partial charge on any atom is -0.365 e. The first-order chi connectivity index (χ1) is 10.2. The molecule has 1 aromatic carbocycles. The summed E-state index contributed by atoms with van der Waals surface area (Å²) in [6.07, 6.45) is 0. The molecule has 3 aromatic rings. The fourth-order valence-electron chi connectivity index (χ4n) is 2.11. The monoisotopic (exact) mass is 295 g/mol. The van der Waals surface area contributed by atoms with E-state index in [0.717, 1.165) is 28.8 Å². The van der Waals surface area contributed by atoms with Crippen LogP contribution in [0.4, 0.5) is 5.82 Å². The predicted molar refractivity (Wildman–Crippen MR) is 88.6 cm³/mol. The Balaban J connectivity index is 1.76. The quantitative estimate of drug-likeness (QED) is 0.773. The highest BCUT2D eigenvalue weighted by Gasteiger charge is 2.09. The minimum absolute atomic E-state index is 0.757. The maximum absolute atomic E-state index is 4.67. The van der Waals surface area contributed by atoms with Crippen molar-refractivity contribution in [1.29, 1.82) is 0 Å². The SMILES string of the molecule is Cc1cccc(NCc2sc(-c3ccccc3)nc2C)n1. The number of nitrogens with one attached hydrogen (secondary N) is 1. The molecule has 0 aliphatic rings. The predicted octanol–water partition coefficient (Wildman–Crippen LogP) is 4.43. The minimum atomic E-state index is 0.757. The van der Waals surface area contributed by atoms with Gasteiger partial charge >= 0.3 is 0 Å². The molecule has 0 aliphatic heterocycles. The first-order valence-corrected chi connectivity index (χ1v) is 7.73. The molecule has 0 bridgehead atoms. The Morgan fingerprint density at radius 1 is 0.952 bits per heavy atom. The van der Waals surface area contributed by atoms with E-state index in [9.17, 15) is 0 Å². The smallest absolute Gasteiger partial charge is 0.126 e. The van der Waals surface area contributed by atoms with Crippen LogP contribution in [0.5, 0.6) is 0 Å². The van der Waals surface area contributed by atoms with Gasteiger partial charge in [0.25, 0.3) is 0 Å². The van der Waals surface area contributed by atoms with Gasteiger partial charge in [0.05, 0.1) is 12.2 Å². The van der Waals surface area contributed by atoms with E-state index >= 15 is 0 Å². The number of benzene rings is 1. The number of aryl methyl sites for hydroxylation is 2. The molecule has 0 fully saturated rings. The van der Waals surface area contributed by atoms with E-state index in [-0.39, 0.29) is 0 Å². The van der Waals surface area contributed by atoms with Gasteiger partial charge < -0.3 is 5.32 Å². The van der Waals surface area contributed by atoms with Crippen molar-refractivity contribution in [1.82, 2.24) is 9.97 Å². The largest absolute Gasteiger partial charge is 0.365 e. The van der Waals surface area contributed by atoms with Crippen LogP contribution < -0.4 is 5.32 Å². The normalized spacial score (nSPS) is 10.6. The van der Waals surface area contributed by atoms with Crippen molar-refractivity contribution in [2.24, 2.45) is 0 Å². The topological polar surface area (TPSA) is 37.8 Å². The molecule has 0 aliphatic carbocycles. The highest BCUT2D eigenvalue weighted by atomic mass is 32.1. The van der Waals surface area contributed by atoms with E-state index in [2.05, 4.69) is 34.3 Å². The molecule has 0 saturated heterocycles. The van der Waals surface area contributed by atoms with Crippen molar-refractivity contribution in [3.8, 4) is 10.6 Å². The zero-order valence-corrected chi connectivity index (χ0v) is 12.9. The molecular weight excluding hydrogens is 278 g/mol. The molecule has 0 atom stereocenters. The second kappa shape index (κ2) is 6.06. The molecule has 2 aromatic heterocycles. The molecular formula is C17H17N3S. The summed E-state index contributed by atoms with van der Waals surface area (Å²) < 4.78 is 0. The van der Waals surface area contributed by atoms with Crippen molar-refractivity contribution in [3.05, 3.63) is 64.8 Å². The molecule has 3 nitrogen and oxygen atoms in total. The van der Waals surface area contributed by atoms with Crippen molar-refractivity contribution < 1.29 is 0 Å². The van der Waals surface area contributed by atoms with Gasteiger partial charge in [-0.05, 0) is 26.0 Å². The number of thiazole rings is 1. The van der Waals surface area contributed by atoms with Crippen LogP contribution in [-0.2, 0) is 6.54 Å². The lowest BCUT2D eigenvalue weighted by Crippen LogP contribution is -2.01. The Morgan fingerprint density at radius 2 is 1.76 bits per heavy atom. The van der Waals surface area contributed by atoms with E-state index < -0.39 is 0 Å². The van der Waals surface area contributed by atoms with Gasteiger partial charge in [-0.25, -0.2) is 9.97 Å². The average Bonchev–Trinajstić information content (AvgIpc) is 2.87. The number of rotatable bonds is 4. The van der Waals surface area contributed by atoms with Gasteiger partial charge in [-0.2, -0.15) is 0 Å². The molecule has 21 heavy (non-hydrogen) atoms. The third kappa shape index (κ3) is 3.28. The lowest BCUT2D eigenvalue weighted by Gasteiger charge is -2.04. The third-order valence-corrected chi connectivity index (χ3v) is 4.44. The zero-order chi connectivity index (χ0) is 14.7. The van der Waals surface area contributed by atoms with Gasteiger partial charge in [-0.15, -0.1) is 11.3 Å². The first-order valence-electron chi connectivity index (χ1n) is 6.91. The number of aromatic nitrogens is 2. The molecule has 106 valence electrons. The van der Waals surface area contributed by atoms with Gasteiger partial charge in [0.1, 0.15) is 10.8 Å². The molecule has 3 rings (SSSR count). The summed E-state index contributed by atoms with van der Waals surface area (Å²) in [6.45, 7) is 4.81. The van der Waals surface area contributed by atoms with Gasteiger partial charge in [-0.3, -0.25) is 0 Å². The Labute approximate surface area is 128 Å². The van der Waals surface area contributed by atoms with Gasteiger partial charge in [0.2, 0.25) is 0 Å². The van der Waals surface area contributed by atoms with Gasteiger partial charge in [0, 0.05) is 16.1 Å². The zero-order valence-electron chi connectivity index (χ0n) is 12.1. The van der Waals surface area contributed by atoms with Gasteiger partial charge in [0.15, 0.2) is 0 Å². The summed E-state index contributed by atoms with van der Waals surface area (Å²) in [4.78, 5) is 10.4. The van der Waals surface area contributed by atoms with E-state index in [1.807, 2.05) is 43.3 Å². The Bertz CT molecular complexity index is 735. The summed E-state index contributed by atoms with van der Waals surface area (Å²) in [6, 6.07) is 16.3. The van der Waals surface area contributed by atoms with Crippen LogP contribution in [0.2, 0.25) is 0 Å². The molecule has 0 radical (unpaired) electrons. The first kappa shape index (κ1) is 13.8. The molecule has 0 unspecified atom stereocenters. The fourth-order valence-corrected chi connectivity index (χ4v) is 3.12. The summed E-state index contributed by atoms with van der Waals surface area (Å²) in [7, 11) is 0. The van der Waals surface area contributed by atoms with Crippen LogP contribution in [0.3, 0.4) is 0 Å². The second-order valence-electron chi connectivity index (χ2n) is 4.91. The molecule has 0 amide bonds. The number of hydrogen-bond acceptors (Lipinski definition) is 4. The van der Waals surface area contributed by atoms with E-state index in [1.54, 1.807) is 11.3 Å². The van der Waals surface area contributed by atoms with E-state index in [1.165, 1.54) is 10.4 Å². The molecule has 2 heterocycles. The fraction of sp³-hybridized carbons (Fsp3) is 0.176. The highest BCUT2D eigenvalue weighted by Crippen LogP contribution is 2.28. The highest BCUT2D eigenvalue weighted by molar-refractivity contribution is 7.15. The second-order valence-corrected chi connectivity index (χ2v) is 6.00. The summed E-state index contributed by atoms with van der Waals surface area (Å²) >= 11 is 1.73. The Morgan fingerprint density at radius 3 is 2.52 bits per heavy atom. The van der Waals surface area contributed by atoms with E-state index in [0.29, 0.717) is 0 Å². The number of anilines is 1. The van der Waals surface area contributed by atoms with Crippen LogP contribution in [0.25, 0.3) is 10.6 Å². The molecule has 4 heteroatoms. The molecule has 0 saturated carbocycles. The molecule has 1 N–H and O–H groups in total. The lowest BCUT2D eigenvalue weighted by atomic mass is 10.2. The maximum atomic E-state index is 4.67. The number of pyridine rings is 1. The van der Waals surface area contributed by atoms with Crippen molar-refractivity contribution in [2.45, 2.75) is 20.4 Å². The van der Waals surface area contributed by atoms with Crippen LogP contribution in [0.15, 0.2) is 48.5 Å². The van der Waals surface area contributed by atoms with E-state index in [4.69, 9.17) is 0 Å². The van der Waals surface area contributed by atoms with Crippen LogP contribution >= 0.6 is 11.3 Å². The van der Waals surface area contributed by atoms with Crippen LogP contribution in [0, 0.1) is 13.8 Å². The van der Waals surface area contributed by atoms with Gasteiger partial charge in [-0.1, -0.05) is 36.4 Å². The van der Waals surface area contributed by atoms with Crippen molar-refractivity contribution in [2.75, 3.05) is 5.32 Å². The van der Waals surface area contributed by atoms with Crippen LogP contribution in [0.1, 0.15) is 16.3 Å². The lowest BCUT2D eigenvalue weighted by molar-refractivity contribution is 1.08. The maximum Gasteiger partial charge on any atom is 0.126 e. The van der Waals surface area contributed by atoms with Crippen LogP contribution in [-0.4, -0.2) is 9.97 Å². The standard InChI is InChI=1S/C17H17N3S/c1-12-7-6-10-16(19-12)18-11-15-13(2)20-17(21-15)14-8-4-3-5-9-14/h3-10H,11H2,1-2H3,(H,18,19). The Kier molecular flexibility index (Phi) is 3.97. The average molecular weight is 295 g/mol. The number of hydrogen-bond donors (Lipinski definition) is 1. The number of nitrogens with zero attached hydrogens (tertiary/aromatic N) is 2. The Hall–Kier alpha value is -2.20. The molecule has 0 spiro atoms. The summed E-state index contributed by atoms with van der Waals surface area (Å²) in [5.74, 6) is 0.907. The summed E-state index contributed by atoms with van der Waals surface area (Å²) in [5.41, 5.74) is 3.27.